The zero-order valence-corrected chi connectivity index (χ0v) is 18.8. The monoisotopic (exact) mass is 432 g/mol. The lowest BCUT2D eigenvalue weighted by Gasteiger charge is -2.17. The Balaban J connectivity index is 1.42. The molecule has 1 aliphatic heterocycles. The number of hydrogen-bond donors (Lipinski definition) is 0. The minimum Gasteiger partial charge on any atom is -0.494 e. The van der Waals surface area contributed by atoms with Crippen LogP contribution in [0.3, 0.4) is 0 Å². The van der Waals surface area contributed by atoms with Crippen LogP contribution in [0, 0.1) is 0 Å². The van der Waals surface area contributed by atoms with Crippen molar-refractivity contribution in [1.82, 2.24) is 9.47 Å². The molecule has 4 rings (SSSR count). The van der Waals surface area contributed by atoms with Crippen LogP contribution >= 0.6 is 0 Å². The molecule has 2 aromatic carbocycles. The Kier molecular flexibility index (Phi) is 7.62. The number of rotatable bonds is 10. The van der Waals surface area contributed by atoms with Crippen LogP contribution in [-0.4, -0.2) is 35.7 Å². The molecule has 5 nitrogen and oxygen atoms in total. The summed E-state index contributed by atoms with van der Waals surface area (Å²) in [6, 6.07) is 19.5. The fraction of sp³-hybridized carbons (Fsp3) is 0.370. The molecule has 0 amide bonds. The van der Waals surface area contributed by atoms with E-state index in [4.69, 9.17) is 9.47 Å². The molecule has 1 fully saturated rings. The molecular weight excluding hydrogens is 400 g/mol. The molecule has 0 spiro atoms. The molecule has 1 aliphatic rings. The van der Waals surface area contributed by atoms with E-state index in [1.165, 1.54) is 25.9 Å². The van der Waals surface area contributed by atoms with Crippen LogP contribution in [0.1, 0.15) is 37.4 Å². The molecule has 0 saturated carbocycles. The lowest BCUT2D eigenvalue weighted by atomic mass is 10.2. The highest BCUT2D eigenvalue weighted by molar-refractivity contribution is 5.42. The SMILES string of the molecule is CCc1c(OCc2ccccc2)c(=O)ccn1-c1ccc(OCCCN2CCCC2)cc1. The average Bonchev–Trinajstić information content (AvgIpc) is 3.35. The van der Waals surface area contributed by atoms with E-state index in [9.17, 15) is 4.79 Å². The van der Waals surface area contributed by atoms with Gasteiger partial charge in [-0.3, -0.25) is 4.79 Å². The lowest BCUT2D eigenvalue weighted by Crippen LogP contribution is -2.21. The zero-order valence-electron chi connectivity index (χ0n) is 18.8. The fourth-order valence-electron chi connectivity index (χ4n) is 4.20. The van der Waals surface area contributed by atoms with Gasteiger partial charge in [0.25, 0.3) is 0 Å². The second kappa shape index (κ2) is 11.0. The number of nitrogens with zero attached hydrogens (tertiary/aromatic N) is 2. The van der Waals surface area contributed by atoms with Crippen LogP contribution < -0.4 is 14.9 Å². The molecule has 2 heterocycles. The van der Waals surface area contributed by atoms with Gasteiger partial charge >= 0.3 is 0 Å². The van der Waals surface area contributed by atoms with E-state index in [0.717, 1.165) is 42.3 Å². The van der Waals surface area contributed by atoms with E-state index < -0.39 is 0 Å². The molecule has 32 heavy (non-hydrogen) atoms. The zero-order chi connectivity index (χ0) is 22.2. The minimum absolute atomic E-state index is 0.0908. The summed E-state index contributed by atoms with van der Waals surface area (Å²) < 4.78 is 13.9. The van der Waals surface area contributed by atoms with Gasteiger partial charge in [-0.15, -0.1) is 0 Å². The van der Waals surface area contributed by atoms with E-state index >= 15 is 0 Å². The van der Waals surface area contributed by atoms with E-state index in [1.54, 1.807) is 6.07 Å². The first-order valence-corrected chi connectivity index (χ1v) is 11.6. The average molecular weight is 433 g/mol. The van der Waals surface area contributed by atoms with Gasteiger partial charge in [0.1, 0.15) is 12.4 Å². The first-order chi connectivity index (χ1) is 15.7. The summed E-state index contributed by atoms with van der Waals surface area (Å²) in [4.78, 5) is 15.0. The first-order valence-electron chi connectivity index (χ1n) is 11.6. The Hall–Kier alpha value is -3.05. The number of hydrogen-bond acceptors (Lipinski definition) is 4. The molecule has 0 N–H and O–H groups in total. The molecule has 1 saturated heterocycles. The highest BCUT2D eigenvalue weighted by Gasteiger charge is 2.13. The van der Waals surface area contributed by atoms with Crippen molar-refractivity contribution in [2.24, 2.45) is 0 Å². The summed E-state index contributed by atoms with van der Waals surface area (Å²) in [6.07, 6.45) is 6.21. The molecule has 0 radical (unpaired) electrons. The van der Waals surface area contributed by atoms with Gasteiger partial charge in [-0.1, -0.05) is 37.3 Å². The van der Waals surface area contributed by atoms with E-state index in [0.29, 0.717) is 18.8 Å². The van der Waals surface area contributed by atoms with Crippen molar-refractivity contribution in [3.05, 3.63) is 88.3 Å². The third-order valence-electron chi connectivity index (χ3n) is 5.91. The van der Waals surface area contributed by atoms with Crippen molar-refractivity contribution in [3.8, 4) is 17.2 Å². The number of benzene rings is 2. The second-order valence-electron chi connectivity index (χ2n) is 8.20. The smallest absolute Gasteiger partial charge is 0.223 e. The Morgan fingerprint density at radius 3 is 2.38 bits per heavy atom. The maximum absolute atomic E-state index is 12.5. The molecular formula is C27H32N2O3. The number of pyridine rings is 1. The third kappa shape index (κ3) is 5.60. The molecule has 0 atom stereocenters. The predicted molar refractivity (Wildman–Crippen MR) is 128 cm³/mol. The maximum Gasteiger partial charge on any atom is 0.223 e. The van der Waals surface area contributed by atoms with Crippen molar-refractivity contribution in [2.45, 2.75) is 39.2 Å². The van der Waals surface area contributed by atoms with Gasteiger partial charge < -0.3 is 18.9 Å². The van der Waals surface area contributed by atoms with Gasteiger partial charge in [0.05, 0.1) is 12.3 Å². The molecule has 0 unspecified atom stereocenters. The number of likely N-dealkylation sites (tertiary alicyclic amines) is 1. The highest BCUT2D eigenvalue weighted by Crippen LogP contribution is 2.22. The minimum atomic E-state index is -0.0908. The summed E-state index contributed by atoms with van der Waals surface area (Å²) in [5.41, 5.74) is 2.80. The topological polar surface area (TPSA) is 43.7 Å². The standard InChI is InChI=1S/C27H32N2O3/c1-2-25-27(32-21-22-9-4-3-5-10-22)26(30)15-19-29(25)23-11-13-24(14-12-23)31-20-8-18-28-16-6-7-17-28/h3-5,9-15,19H,2,6-8,16-18,20-21H2,1H3. The number of ether oxygens (including phenoxy) is 2. The molecule has 0 aliphatic carbocycles. The van der Waals surface area contributed by atoms with Crippen molar-refractivity contribution in [3.63, 3.8) is 0 Å². The van der Waals surface area contributed by atoms with Crippen LogP contribution in [0.2, 0.25) is 0 Å². The van der Waals surface area contributed by atoms with Crippen LogP contribution in [-0.2, 0) is 13.0 Å². The summed E-state index contributed by atoms with van der Waals surface area (Å²) in [6.45, 7) is 6.71. The van der Waals surface area contributed by atoms with Crippen LogP contribution in [0.5, 0.6) is 11.5 Å². The lowest BCUT2D eigenvalue weighted by molar-refractivity contribution is 0.263. The quantitative estimate of drug-likeness (QED) is 0.430. The van der Waals surface area contributed by atoms with E-state index in [2.05, 4.69) is 4.90 Å². The Bertz CT molecular complexity index is 1040. The molecule has 1 aromatic heterocycles. The normalized spacial score (nSPS) is 13.9. The van der Waals surface area contributed by atoms with Gasteiger partial charge in [0, 0.05) is 24.5 Å². The molecule has 0 bridgehead atoms. The van der Waals surface area contributed by atoms with Crippen LogP contribution in [0.15, 0.2) is 71.7 Å². The first kappa shape index (κ1) is 22.2. The van der Waals surface area contributed by atoms with E-state index in [1.807, 2.05) is 72.3 Å². The molecule has 168 valence electrons. The second-order valence-corrected chi connectivity index (χ2v) is 8.20. The van der Waals surface area contributed by atoms with Gasteiger partial charge in [0.2, 0.25) is 5.43 Å². The largest absolute Gasteiger partial charge is 0.494 e. The highest BCUT2D eigenvalue weighted by atomic mass is 16.5. The summed E-state index contributed by atoms with van der Waals surface area (Å²) in [7, 11) is 0. The van der Waals surface area contributed by atoms with Gasteiger partial charge in [0.15, 0.2) is 5.75 Å². The van der Waals surface area contributed by atoms with Crippen molar-refractivity contribution < 1.29 is 9.47 Å². The summed E-state index contributed by atoms with van der Waals surface area (Å²) in [5.74, 6) is 1.29. The van der Waals surface area contributed by atoms with Gasteiger partial charge in [-0.25, -0.2) is 0 Å². The van der Waals surface area contributed by atoms with Crippen molar-refractivity contribution in [2.75, 3.05) is 26.2 Å². The maximum atomic E-state index is 12.5. The fourth-order valence-corrected chi connectivity index (χ4v) is 4.20. The van der Waals surface area contributed by atoms with Gasteiger partial charge in [-0.05, 0) is 68.6 Å². The Morgan fingerprint density at radius 2 is 1.66 bits per heavy atom. The number of aromatic nitrogens is 1. The van der Waals surface area contributed by atoms with Crippen molar-refractivity contribution >= 4 is 0 Å². The molecule has 5 heteroatoms. The third-order valence-corrected chi connectivity index (χ3v) is 5.91. The Labute approximate surface area is 190 Å². The van der Waals surface area contributed by atoms with Crippen molar-refractivity contribution in [1.29, 1.82) is 0 Å². The van der Waals surface area contributed by atoms with Crippen LogP contribution in [0.25, 0.3) is 5.69 Å². The summed E-state index contributed by atoms with van der Waals surface area (Å²) in [5, 5.41) is 0. The Morgan fingerprint density at radius 1 is 0.906 bits per heavy atom. The van der Waals surface area contributed by atoms with E-state index in [-0.39, 0.29) is 5.43 Å². The molecule has 3 aromatic rings. The summed E-state index contributed by atoms with van der Waals surface area (Å²) >= 11 is 0. The van der Waals surface area contributed by atoms with Gasteiger partial charge in [-0.2, -0.15) is 0 Å². The predicted octanol–water partition coefficient (Wildman–Crippen LogP) is 4.84. The van der Waals surface area contributed by atoms with Crippen LogP contribution in [0.4, 0.5) is 0 Å².